The second-order valence-electron chi connectivity index (χ2n) is 35.3. The van der Waals surface area contributed by atoms with Crippen LogP contribution in [0.3, 0.4) is 0 Å². The van der Waals surface area contributed by atoms with E-state index in [1.807, 2.05) is 45.9 Å². The van der Waals surface area contributed by atoms with Gasteiger partial charge in [0.25, 0.3) is 0 Å². The van der Waals surface area contributed by atoms with E-state index in [-0.39, 0.29) is 102 Å². The number of thiophene rings is 1. The van der Waals surface area contributed by atoms with Crippen molar-refractivity contribution in [1.82, 2.24) is 98.4 Å². The van der Waals surface area contributed by atoms with Crippen molar-refractivity contribution < 1.29 is 91.7 Å². The predicted molar refractivity (Wildman–Crippen MR) is 511 cm³/mol. The standard InChI is InChI=1S/C93H129N23O19S2/c1-10-13-25-71-85(129)104-62(24-19-35-99-92(96)97)80(124)110-70(79(123)101-45-76(95)120)48-136-49-77(121)103-67(37-53-30-32-58(118)33-31-53)87(131)113(7)52(6)78(122)106-66(41-75(94)119)84(128)112-93(42-56(93)12-3)91(135)111-65(40-57-44-98-50-102-57)82(126)105-63(34-29-51(4)5)89(133)116-36-20-27-72(116)86(130)107-64(38-54-43-100-61-23-17-15-21-59(54)61)81(125)109-69(46-117)83(127)108-68(39-55-47-137-74-28-18-16-22-60(55)74)88(132)115(9)73(26-14-11-2)90(134)114(71)8/h12,15-18,21-23,28,30-33,43-44,47,50-52,56,62-73,100,117-118H,3,10-11,13-14,19-20,24-27,29,34-42,45-46,48-49H2,1-2,4-9H3,(H2,94,119)(H2,95,120)(H,98,102)(H,101,123)(H,103,121)(H,104,129)(H,105,126)(H,106,122)(H,107,130)(H,108,127)(H,109,125)(H,110,124)(H,111,135)(H,112,128)(H4,96,97,99)/t52-,56-,62-,63-,64-,65-,66-,67-,68-,69-,70?,71-,72-,73-,93-/m0/s1. The molecular formula is C93H129N23O19S2. The molecular weight excluding hydrogens is 1810 g/mol. The quantitative estimate of drug-likeness (QED) is 0.0125. The number of nitrogens with one attached hydrogen (secondary N) is 15. The number of fused-ring (bicyclic) bond motifs is 3. The molecule has 1 aliphatic carbocycles. The van der Waals surface area contributed by atoms with Gasteiger partial charge in [-0.3, -0.25) is 86.9 Å². The number of amides is 17. The number of thioether (sulfide) groups is 1. The number of hydrogen-bond donors (Lipinski definition) is 20. The fourth-order valence-electron chi connectivity index (χ4n) is 16.6. The number of nitrogens with zero attached hydrogens (tertiary/aromatic N) is 5. The minimum Gasteiger partial charge on any atom is -0.508 e. The Balaban J connectivity index is 1.11. The highest BCUT2D eigenvalue weighted by molar-refractivity contribution is 8.00. The molecule has 9 rings (SSSR count). The number of aliphatic hydroxyl groups excluding tert-OH is 1. The lowest BCUT2D eigenvalue weighted by Crippen LogP contribution is -2.62. The van der Waals surface area contributed by atoms with Gasteiger partial charge >= 0.3 is 0 Å². The molecule has 3 aromatic heterocycles. The predicted octanol–water partition coefficient (Wildman–Crippen LogP) is -0.706. The van der Waals surface area contributed by atoms with Gasteiger partial charge in [0.1, 0.15) is 89.8 Å². The molecule has 5 heterocycles. The summed E-state index contributed by atoms with van der Waals surface area (Å²) in [7, 11) is 3.93. The Bertz CT molecular complexity index is 5320. The first-order valence-corrected chi connectivity index (χ1v) is 48.0. The number of aliphatic hydroxyl groups is 1. The smallest absolute Gasteiger partial charge is 0.247 e. The summed E-state index contributed by atoms with van der Waals surface area (Å²) in [5, 5.41) is 64.5. The van der Waals surface area contributed by atoms with Gasteiger partial charge in [0.2, 0.25) is 100 Å². The second-order valence-corrected chi connectivity index (χ2v) is 37.2. The van der Waals surface area contributed by atoms with Crippen LogP contribution >= 0.6 is 23.1 Å². The van der Waals surface area contributed by atoms with Crippen LogP contribution in [0.25, 0.3) is 21.0 Å². The van der Waals surface area contributed by atoms with Gasteiger partial charge in [-0.2, -0.15) is 0 Å². The highest BCUT2D eigenvalue weighted by Gasteiger charge is 2.61. The number of aromatic nitrogens is 3. The Labute approximate surface area is 801 Å². The number of nitrogens with two attached hydrogens (primary N) is 3. The van der Waals surface area contributed by atoms with E-state index in [0.717, 1.165) is 36.5 Å². The zero-order valence-electron chi connectivity index (χ0n) is 78.3. The summed E-state index contributed by atoms with van der Waals surface area (Å²) >= 11 is 2.12. The monoisotopic (exact) mass is 1940 g/mol. The van der Waals surface area contributed by atoms with Gasteiger partial charge in [0.05, 0.1) is 31.7 Å². The molecule has 6 aromatic rings. The van der Waals surface area contributed by atoms with Crippen molar-refractivity contribution in [2.45, 2.75) is 234 Å². The van der Waals surface area contributed by atoms with E-state index in [0.29, 0.717) is 65.4 Å². The molecule has 742 valence electrons. The van der Waals surface area contributed by atoms with Crippen LogP contribution in [-0.2, 0) is 107 Å². The fraction of sp³-hybridized carbons (Fsp3) is 0.516. The Morgan fingerprint density at radius 1 is 0.613 bits per heavy atom. The van der Waals surface area contributed by atoms with Crippen LogP contribution < -0.4 is 81.0 Å². The number of guanidine groups is 1. The summed E-state index contributed by atoms with van der Waals surface area (Å²) in [5.74, 6) is -18.3. The maximum Gasteiger partial charge on any atom is 0.247 e. The normalized spacial score (nSPS) is 24.9. The van der Waals surface area contributed by atoms with Crippen molar-refractivity contribution in [1.29, 1.82) is 5.41 Å². The molecule has 1 spiro atoms. The lowest BCUT2D eigenvalue weighted by atomic mass is 10.00. The van der Waals surface area contributed by atoms with Crippen molar-refractivity contribution in [3.05, 3.63) is 132 Å². The number of carbonyl (C=O) groups is 17. The molecule has 0 radical (unpaired) electrons. The molecule has 2 saturated heterocycles. The lowest BCUT2D eigenvalue weighted by molar-refractivity contribution is -0.149. The minimum atomic E-state index is -1.92. The molecule has 137 heavy (non-hydrogen) atoms. The summed E-state index contributed by atoms with van der Waals surface area (Å²) in [6.45, 7) is 10.8. The van der Waals surface area contributed by atoms with Crippen molar-refractivity contribution >= 4 is 150 Å². The maximum atomic E-state index is 15.8. The third kappa shape index (κ3) is 29.7. The van der Waals surface area contributed by atoms with E-state index in [1.54, 1.807) is 41.9 Å². The Kier molecular flexibility index (Phi) is 39.8. The summed E-state index contributed by atoms with van der Waals surface area (Å²) in [4.78, 5) is 266. The maximum absolute atomic E-state index is 15.8. The molecule has 23 N–H and O–H groups in total. The number of aromatic hydroxyl groups is 1. The summed E-state index contributed by atoms with van der Waals surface area (Å²) in [6, 6.07) is -0.0541. The van der Waals surface area contributed by atoms with Crippen LogP contribution in [0, 0.1) is 17.2 Å². The van der Waals surface area contributed by atoms with Gasteiger partial charge in [-0.25, -0.2) is 4.98 Å². The molecule has 44 heteroatoms. The molecule has 1 saturated carbocycles. The number of hydrogen-bond acceptors (Lipinski definition) is 23. The van der Waals surface area contributed by atoms with Gasteiger partial charge in [0, 0.05) is 105 Å². The lowest BCUT2D eigenvalue weighted by Gasteiger charge is -2.36. The molecule has 0 bridgehead atoms. The van der Waals surface area contributed by atoms with Gasteiger partial charge in [0.15, 0.2) is 5.96 Å². The largest absolute Gasteiger partial charge is 0.508 e. The number of phenols is 1. The summed E-state index contributed by atoms with van der Waals surface area (Å²) < 4.78 is 0.823. The molecule has 3 aliphatic rings. The summed E-state index contributed by atoms with van der Waals surface area (Å²) in [6.07, 6.45) is 5.84. The fourth-order valence-corrected chi connectivity index (χ4v) is 18.4. The number of imidazole rings is 1. The number of aromatic amines is 2. The van der Waals surface area contributed by atoms with Crippen LogP contribution in [0.4, 0.5) is 0 Å². The highest BCUT2D eigenvalue weighted by atomic mass is 32.2. The third-order valence-electron chi connectivity index (χ3n) is 24.7. The van der Waals surface area contributed by atoms with Crippen LogP contribution in [-0.4, -0.2) is 294 Å². The molecule has 3 aromatic carbocycles. The zero-order chi connectivity index (χ0) is 100. The highest BCUT2D eigenvalue weighted by Crippen LogP contribution is 2.45. The van der Waals surface area contributed by atoms with Crippen molar-refractivity contribution in [2.24, 2.45) is 29.0 Å². The minimum absolute atomic E-state index is 0.00104. The van der Waals surface area contributed by atoms with E-state index in [4.69, 9.17) is 22.6 Å². The molecule has 2 aliphatic heterocycles. The average molecular weight is 1940 g/mol. The molecule has 1 unspecified atom stereocenters. The number of benzene rings is 3. The molecule has 3 fully saturated rings. The third-order valence-corrected chi connectivity index (χ3v) is 26.8. The van der Waals surface area contributed by atoms with Gasteiger partial charge in [-0.15, -0.1) is 29.7 Å². The van der Waals surface area contributed by atoms with Crippen molar-refractivity contribution in [3.63, 3.8) is 0 Å². The summed E-state index contributed by atoms with van der Waals surface area (Å²) in [5.41, 5.74) is 17.4. The number of primary amides is 2. The first kappa shape index (κ1) is 107. The van der Waals surface area contributed by atoms with Crippen LogP contribution in [0.5, 0.6) is 5.75 Å². The molecule has 15 atom stereocenters. The van der Waals surface area contributed by atoms with Crippen LogP contribution in [0.2, 0.25) is 0 Å². The van der Waals surface area contributed by atoms with Crippen LogP contribution in [0.15, 0.2) is 110 Å². The van der Waals surface area contributed by atoms with Gasteiger partial charge in [-0.05, 0) is 122 Å². The second kappa shape index (κ2) is 50.9. The van der Waals surface area contributed by atoms with Gasteiger partial charge < -0.3 is 121 Å². The topological polar surface area (TPSA) is 634 Å². The average Bonchev–Trinajstić information content (AvgIpc) is 1.58. The molecule has 42 nitrogen and oxygen atoms in total. The first-order chi connectivity index (χ1) is 65.3. The number of phenolic OH excluding ortho intramolecular Hbond substituents is 1. The number of rotatable bonds is 28. The van der Waals surface area contributed by atoms with E-state index >= 15 is 43.2 Å². The Morgan fingerprint density at radius 3 is 1.87 bits per heavy atom. The first-order valence-electron chi connectivity index (χ1n) is 45.9. The van der Waals surface area contributed by atoms with Crippen molar-refractivity contribution in [2.75, 3.05) is 58.9 Å². The molecule has 17 amide bonds. The van der Waals surface area contributed by atoms with Crippen molar-refractivity contribution in [3.8, 4) is 5.75 Å². The number of unbranched alkanes of at least 4 members (excludes halogenated alkanes) is 2. The van der Waals surface area contributed by atoms with E-state index < -0.39 is 227 Å². The number of carbonyl (C=O) groups excluding carboxylic acids is 17. The van der Waals surface area contributed by atoms with Gasteiger partial charge in [-0.1, -0.05) is 108 Å². The van der Waals surface area contributed by atoms with E-state index in [1.165, 1.54) is 87.2 Å². The number of H-pyrrole nitrogens is 2. The SMILES string of the molecule is C=C[C@H]1C[C@]12NC(=O)[C@H](CC(N)=O)NC(=O)[C@H](C)N(C)C(=O)[C@H](Cc1ccc(O)cc1)NC(=O)CSCC(C(=O)NCC(N)=O)NC(=O)[C@H](CCCNC(=N)N)NC(=O)[C@H](CCCC)N(C)C(=O)[C@H](CCCC)N(C)C(=O)[C@H](Cc1csc3ccccc13)NC(=O)[C@H](CO)NC(=O)[C@H](Cc1c[nH]c3ccccc13)NC(=O)[C@@H]1CCCN1C(=O)[C@H](CCC(C)C)NC(=O)[C@H](Cc1cnc[nH]1)NC2=O. The Hall–Kier alpha value is -13.5. The zero-order valence-corrected chi connectivity index (χ0v) is 79.9. The number of para-hydroxylation sites is 1. The number of likely N-dealkylation sites (N-methyl/N-ethyl adjacent to an activating group) is 3. The van der Waals surface area contributed by atoms with Crippen LogP contribution in [0.1, 0.15) is 147 Å². The Morgan fingerprint density at radius 2 is 1.22 bits per heavy atom. The van der Waals surface area contributed by atoms with E-state index in [9.17, 15) is 48.6 Å². The van der Waals surface area contributed by atoms with E-state index in [2.05, 4.69) is 85.3 Å².